The maximum atomic E-state index is 3.62. The number of hydrogen-bond acceptors (Lipinski definition) is 2. The van der Waals surface area contributed by atoms with Crippen LogP contribution in [-0.2, 0) is 0 Å². The molecule has 90 valence electrons. The van der Waals surface area contributed by atoms with E-state index in [1.165, 1.54) is 14.9 Å². The molecular formula is C14H16BrNS. The largest absolute Gasteiger partial charge is 0.303 e. The fraction of sp³-hybridized carbons (Fsp3) is 0.286. The summed E-state index contributed by atoms with van der Waals surface area (Å²) in [5, 5.41) is 5.74. The van der Waals surface area contributed by atoms with Crippen molar-refractivity contribution in [2.75, 3.05) is 0 Å². The summed E-state index contributed by atoms with van der Waals surface area (Å²) in [4.78, 5) is 1.38. The normalized spacial score (nSPS) is 14.5. The first-order valence-corrected chi connectivity index (χ1v) is 7.39. The van der Waals surface area contributed by atoms with Gasteiger partial charge in [0.25, 0.3) is 0 Å². The van der Waals surface area contributed by atoms with E-state index in [-0.39, 0.29) is 0 Å². The van der Waals surface area contributed by atoms with Crippen LogP contribution in [0.4, 0.5) is 0 Å². The molecule has 0 radical (unpaired) electrons. The topological polar surface area (TPSA) is 12.0 Å². The van der Waals surface area contributed by atoms with Crippen LogP contribution in [-0.4, -0.2) is 0 Å². The Bertz CT molecular complexity index is 467. The van der Waals surface area contributed by atoms with Gasteiger partial charge in [-0.05, 0) is 36.9 Å². The van der Waals surface area contributed by atoms with Gasteiger partial charge in [-0.25, -0.2) is 0 Å². The zero-order valence-electron chi connectivity index (χ0n) is 9.98. The molecule has 0 amide bonds. The summed E-state index contributed by atoms with van der Waals surface area (Å²) in [5.41, 5.74) is 1.30. The molecule has 2 atom stereocenters. The summed E-state index contributed by atoms with van der Waals surface area (Å²) in [5.74, 6) is 0. The molecule has 1 unspecified atom stereocenters. The van der Waals surface area contributed by atoms with Crippen LogP contribution in [0.3, 0.4) is 0 Å². The minimum atomic E-state index is 0.336. The number of thiophene rings is 1. The molecule has 1 aromatic heterocycles. The van der Waals surface area contributed by atoms with Crippen LogP contribution in [0.5, 0.6) is 0 Å². The number of benzene rings is 1. The lowest BCUT2D eigenvalue weighted by Gasteiger charge is -2.20. The van der Waals surface area contributed by atoms with E-state index in [2.05, 4.69) is 70.8 Å². The highest BCUT2D eigenvalue weighted by Gasteiger charge is 2.13. The molecule has 0 saturated carbocycles. The molecule has 1 aromatic carbocycles. The lowest BCUT2D eigenvalue weighted by molar-refractivity contribution is 0.499. The van der Waals surface area contributed by atoms with Crippen LogP contribution in [0.2, 0.25) is 0 Å². The quantitative estimate of drug-likeness (QED) is 0.845. The number of hydrogen-bond donors (Lipinski definition) is 1. The minimum absolute atomic E-state index is 0.336. The third kappa shape index (κ3) is 3.18. The Hall–Kier alpha value is -0.640. The van der Waals surface area contributed by atoms with Gasteiger partial charge in [0.15, 0.2) is 0 Å². The maximum absolute atomic E-state index is 3.62. The summed E-state index contributed by atoms with van der Waals surface area (Å²) in [7, 11) is 0. The highest BCUT2D eigenvalue weighted by atomic mass is 79.9. The SMILES string of the molecule is CC(N[C@H](C)c1cccs1)c1ccccc1Br. The van der Waals surface area contributed by atoms with Crippen molar-refractivity contribution >= 4 is 27.3 Å². The Morgan fingerprint density at radius 2 is 1.82 bits per heavy atom. The first-order chi connectivity index (χ1) is 8.18. The van der Waals surface area contributed by atoms with Crippen molar-refractivity contribution in [1.29, 1.82) is 0 Å². The fourth-order valence-corrected chi connectivity index (χ4v) is 3.28. The smallest absolute Gasteiger partial charge is 0.0391 e. The van der Waals surface area contributed by atoms with Gasteiger partial charge >= 0.3 is 0 Å². The van der Waals surface area contributed by atoms with Crippen LogP contribution in [0, 0.1) is 0 Å². The predicted molar refractivity (Wildman–Crippen MR) is 78.4 cm³/mol. The zero-order valence-corrected chi connectivity index (χ0v) is 12.4. The summed E-state index contributed by atoms with van der Waals surface area (Å²) in [6, 6.07) is 13.4. The van der Waals surface area contributed by atoms with Crippen molar-refractivity contribution in [2.45, 2.75) is 25.9 Å². The Morgan fingerprint density at radius 3 is 2.47 bits per heavy atom. The molecule has 17 heavy (non-hydrogen) atoms. The van der Waals surface area contributed by atoms with Crippen LogP contribution in [0.25, 0.3) is 0 Å². The van der Waals surface area contributed by atoms with E-state index in [9.17, 15) is 0 Å². The Balaban J connectivity index is 2.07. The van der Waals surface area contributed by atoms with Crippen molar-refractivity contribution in [3.8, 4) is 0 Å². The molecular weight excluding hydrogens is 294 g/mol. The first-order valence-electron chi connectivity index (χ1n) is 5.72. The van der Waals surface area contributed by atoms with Gasteiger partial charge in [-0.15, -0.1) is 11.3 Å². The maximum Gasteiger partial charge on any atom is 0.0391 e. The highest BCUT2D eigenvalue weighted by Crippen LogP contribution is 2.26. The van der Waals surface area contributed by atoms with Crippen molar-refractivity contribution < 1.29 is 0 Å². The second-order valence-electron chi connectivity index (χ2n) is 4.15. The number of halogens is 1. The lowest BCUT2D eigenvalue weighted by Crippen LogP contribution is -2.22. The van der Waals surface area contributed by atoms with Crippen molar-refractivity contribution in [1.82, 2.24) is 5.32 Å². The molecule has 0 aliphatic rings. The monoisotopic (exact) mass is 309 g/mol. The van der Waals surface area contributed by atoms with E-state index < -0.39 is 0 Å². The minimum Gasteiger partial charge on any atom is -0.303 e. The molecule has 3 heteroatoms. The third-order valence-electron chi connectivity index (χ3n) is 2.84. The molecule has 0 aliphatic heterocycles. The van der Waals surface area contributed by atoms with E-state index >= 15 is 0 Å². The summed E-state index contributed by atoms with van der Waals surface area (Å²) >= 11 is 5.40. The Kier molecular flexibility index (Phi) is 4.37. The van der Waals surface area contributed by atoms with Crippen molar-refractivity contribution in [2.24, 2.45) is 0 Å². The number of rotatable bonds is 4. The summed E-state index contributed by atoms with van der Waals surface area (Å²) < 4.78 is 1.17. The zero-order chi connectivity index (χ0) is 12.3. The molecule has 1 nitrogen and oxygen atoms in total. The standard InChI is InChI=1S/C14H16BrNS/c1-10(12-6-3-4-7-13(12)15)16-11(2)14-8-5-9-17-14/h3-11,16H,1-2H3/t10?,11-/m1/s1. The van der Waals surface area contributed by atoms with Crippen LogP contribution >= 0.6 is 27.3 Å². The number of nitrogens with one attached hydrogen (secondary N) is 1. The van der Waals surface area contributed by atoms with Gasteiger partial charge in [0.1, 0.15) is 0 Å². The van der Waals surface area contributed by atoms with Gasteiger partial charge in [-0.3, -0.25) is 0 Å². The van der Waals surface area contributed by atoms with Crippen LogP contribution < -0.4 is 5.32 Å². The van der Waals surface area contributed by atoms with Crippen molar-refractivity contribution in [3.63, 3.8) is 0 Å². The molecule has 0 saturated heterocycles. The second kappa shape index (κ2) is 5.80. The Labute approximate surface area is 115 Å². The molecule has 2 rings (SSSR count). The molecule has 0 spiro atoms. The lowest BCUT2D eigenvalue weighted by atomic mass is 10.1. The van der Waals surface area contributed by atoms with Crippen LogP contribution in [0.15, 0.2) is 46.3 Å². The molecule has 2 aromatic rings. The molecule has 1 N–H and O–H groups in total. The summed E-state index contributed by atoms with van der Waals surface area (Å²) in [6.45, 7) is 4.41. The van der Waals surface area contributed by atoms with Crippen molar-refractivity contribution in [3.05, 3.63) is 56.7 Å². The van der Waals surface area contributed by atoms with Gasteiger partial charge in [-0.1, -0.05) is 40.2 Å². The molecule has 1 heterocycles. The predicted octanol–water partition coefficient (Wildman–Crippen LogP) is 4.92. The first kappa shape index (κ1) is 12.8. The average molecular weight is 310 g/mol. The van der Waals surface area contributed by atoms with E-state index in [1.807, 2.05) is 6.07 Å². The molecule has 0 bridgehead atoms. The molecule has 0 fully saturated rings. The highest BCUT2D eigenvalue weighted by molar-refractivity contribution is 9.10. The van der Waals surface area contributed by atoms with E-state index in [4.69, 9.17) is 0 Å². The summed E-state index contributed by atoms with van der Waals surface area (Å²) in [6.07, 6.45) is 0. The van der Waals surface area contributed by atoms with E-state index in [0.717, 1.165) is 0 Å². The van der Waals surface area contributed by atoms with Gasteiger partial charge in [0.05, 0.1) is 0 Å². The van der Waals surface area contributed by atoms with Gasteiger partial charge in [-0.2, -0.15) is 0 Å². The third-order valence-corrected chi connectivity index (χ3v) is 4.62. The molecule has 0 aliphatic carbocycles. The van der Waals surface area contributed by atoms with E-state index in [1.54, 1.807) is 11.3 Å². The average Bonchev–Trinajstić information content (AvgIpc) is 2.82. The van der Waals surface area contributed by atoms with Gasteiger partial charge in [0.2, 0.25) is 0 Å². The van der Waals surface area contributed by atoms with Gasteiger partial charge in [0, 0.05) is 21.4 Å². The van der Waals surface area contributed by atoms with Crippen LogP contribution in [0.1, 0.15) is 36.4 Å². The second-order valence-corrected chi connectivity index (χ2v) is 5.98. The Morgan fingerprint density at radius 1 is 1.06 bits per heavy atom. The fourth-order valence-electron chi connectivity index (χ4n) is 1.91. The van der Waals surface area contributed by atoms with Gasteiger partial charge < -0.3 is 5.32 Å². The van der Waals surface area contributed by atoms with E-state index in [0.29, 0.717) is 12.1 Å².